The molecule has 1 spiro atoms. The van der Waals surface area contributed by atoms with E-state index in [0.29, 0.717) is 11.5 Å². The molecule has 4 aliphatic rings. The summed E-state index contributed by atoms with van der Waals surface area (Å²) in [7, 11) is 0. The lowest BCUT2D eigenvalue weighted by Crippen LogP contribution is -2.73. The quantitative estimate of drug-likeness (QED) is 0.613. The Hall–Kier alpha value is -2.64. The topological polar surface area (TPSA) is 53.3 Å². The van der Waals surface area contributed by atoms with Crippen LogP contribution in [0.25, 0.3) is 5.69 Å². The Kier molecular flexibility index (Phi) is 3.94. The second kappa shape index (κ2) is 6.68. The number of benzene rings is 1. The molecule has 1 aromatic carbocycles. The van der Waals surface area contributed by atoms with Crippen molar-refractivity contribution in [2.45, 2.75) is 38.9 Å². The van der Waals surface area contributed by atoms with Crippen LogP contribution in [0.2, 0.25) is 5.02 Å². The summed E-state index contributed by atoms with van der Waals surface area (Å²) in [5.41, 5.74) is 3.85. The highest BCUT2D eigenvalue weighted by atomic mass is 35.5. The summed E-state index contributed by atoms with van der Waals surface area (Å²) in [6.07, 6.45) is 2.55. The number of nitrogens with zero attached hydrogens (tertiary/aromatic N) is 7. The Morgan fingerprint density at radius 2 is 1.78 bits per heavy atom. The van der Waals surface area contributed by atoms with E-state index >= 15 is 0 Å². The van der Waals surface area contributed by atoms with E-state index < -0.39 is 0 Å². The summed E-state index contributed by atoms with van der Waals surface area (Å²) in [6.45, 7) is 7.97. The summed E-state index contributed by atoms with van der Waals surface area (Å²) in [5, 5.41) is 10.1. The van der Waals surface area contributed by atoms with Crippen molar-refractivity contribution in [3.63, 3.8) is 0 Å². The third kappa shape index (κ3) is 2.94. The van der Waals surface area contributed by atoms with Crippen molar-refractivity contribution in [3.8, 4) is 5.69 Å². The molecule has 164 valence electrons. The smallest absolute Gasteiger partial charge is 0.231 e. The summed E-state index contributed by atoms with van der Waals surface area (Å²) in [5.74, 6) is 3.10. The molecular weight excluding hydrogens is 422 g/mol. The predicted molar refractivity (Wildman–Crippen MR) is 124 cm³/mol. The van der Waals surface area contributed by atoms with E-state index in [2.05, 4.69) is 71.7 Å². The maximum atomic E-state index is 6.37. The van der Waals surface area contributed by atoms with Gasteiger partial charge in [-0.05, 0) is 55.7 Å². The van der Waals surface area contributed by atoms with Crippen molar-refractivity contribution in [1.29, 1.82) is 0 Å². The van der Waals surface area contributed by atoms with Gasteiger partial charge >= 0.3 is 0 Å². The van der Waals surface area contributed by atoms with Crippen LogP contribution in [-0.2, 0) is 13.1 Å². The van der Waals surface area contributed by atoms with Gasteiger partial charge in [0, 0.05) is 54.9 Å². The van der Waals surface area contributed by atoms with Crippen molar-refractivity contribution >= 4 is 23.4 Å². The third-order valence-electron chi connectivity index (χ3n) is 7.36. The van der Waals surface area contributed by atoms with Crippen LogP contribution in [0.1, 0.15) is 29.9 Å². The number of hydrogen-bond acceptors (Lipinski definition) is 6. The van der Waals surface area contributed by atoms with Gasteiger partial charge in [-0.2, -0.15) is 0 Å². The molecule has 3 aliphatic heterocycles. The fourth-order valence-corrected chi connectivity index (χ4v) is 5.84. The molecule has 1 aliphatic carbocycles. The average molecular weight is 448 g/mol. The van der Waals surface area contributed by atoms with Crippen molar-refractivity contribution in [2.75, 3.05) is 36.0 Å². The van der Waals surface area contributed by atoms with Gasteiger partial charge in [0.05, 0.1) is 12.2 Å². The number of anilines is 2. The SMILES string of the molecule is Cc1cccc(N2CC3(C2)CN(c2nnc4n2-c2ccc(Cl)cc2CN(C2CC2)C4)C3)n1. The molecule has 2 aromatic heterocycles. The van der Waals surface area contributed by atoms with Gasteiger partial charge in [-0.1, -0.05) is 17.7 Å². The summed E-state index contributed by atoms with van der Waals surface area (Å²) >= 11 is 6.37. The van der Waals surface area contributed by atoms with Gasteiger partial charge in [0.25, 0.3) is 0 Å². The van der Waals surface area contributed by atoms with Gasteiger partial charge in [0.15, 0.2) is 5.82 Å². The number of fused-ring (bicyclic) bond motifs is 3. The first kappa shape index (κ1) is 18.9. The van der Waals surface area contributed by atoms with Crippen LogP contribution in [-0.4, -0.2) is 56.9 Å². The first-order valence-corrected chi connectivity index (χ1v) is 11.9. The fourth-order valence-electron chi connectivity index (χ4n) is 5.65. The molecule has 2 saturated heterocycles. The van der Waals surface area contributed by atoms with Crippen molar-refractivity contribution in [2.24, 2.45) is 5.41 Å². The van der Waals surface area contributed by atoms with E-state index in [1.165, 1.54) is 24.1 Å². The van der Waals surface area contributed by atoms with Gasteiger partial charge in [-0.3, -0.25) is 9.47 Å². The van der Waals surface area contributed by atoms with Crippen LogP contribution in [0.5, 0.6) is 0 Å². The zero-order valence-electron chi connectivity index (χ0n) is 18.2. The van der Waals surface area contributed by atoms with Crippen LogP contribution in [0.15, 0.2) is 36.4 Å². The number of hydrogen-bond donors (Lipinski definition) is 0. The van der Waals surface area contributed by atoms with E-state index in [0.717, 1.165) is 67.6 Å². The first-order chi connectivity index (χ1) is 15.6. The Morgan fingerprint density at radius 1 is 0.969 bits per heavy atom. The molecule has 8 heteroatoms. The van der Waals surface area contributed by atoms with Crippen LogP contribution < -0.4 is 9.80 Å². The number of rotatable bonds is 3. The lowest BCUT2D eigenvalue weighted by molar-refractivity contribution is 0.153. The van der Waals surface area contributed by atoms with E-state index in [9.17, 15) is 0 Å². The van der Waals surface area contributed by atoms with E-state index in [1.54, 1.807) is 0 Å². The molecule has 0 atom stereocenters. The minimum Gasteiger partial charge on any atom is -0.355 e. The molecule has 3 fully saturated rings. The van der Waals surface area contributed by atoms with Gasteiger partial charge in [0.2, 0.25) is 5.95 Å². The average Bonchev–Trinajstić information content (AvgIpc) is 3.50. The molecular formula is C24H26ClN7. The highest BCUT2D eigenvalue weighted by Crippen LogP contribution is 2.44. The predicted octanol–water partition coefficient (Wildman–Crippen LogP) is 3.43. The van der Waals surface area contributed by atoms with E-state index in [-0.39, 0.29) is 0 Å². The maximum Gasteiger partial charge on any atom is 0.231 e. The van der Waals surface area contributed by atoms with Gasteiger partial charge in [-0.15, -0.1) is 10.2 Å². The monoisotopic (exact) mass is 447 g/mol. The molecule has 32 heavy (non-hydrogen) atoms. The minimum absolute atomic E-state index is 0.339. The Balaban J connectivity index is 1.15. The summed E-state index contributed by atoms with van der Waals surface area (Å²) in [4.78, 5) is 12.0. The Morgan fingerprint density at radius 3 is 2.56 bits per heavy atom. The van der Waals surface area contributed by atoms with Crippen LogP contribution in [0.4, 0.5) is 11.8 Å². The highest BCUT2D eigenvalue weighted by molar-refractivity contribution is 6.30. The molecule has 7 rings (SSSR count). The molecule has 7 nitrogen and oxygen atoms in total. The molecule has 5 heterocycles. The number of aryl methyl sites for hydroxylation is 1. The normalized spacial score (nSPS) is 21.6. The van der Waals surface area contributed by atoms with Crippen LogP contribution >= 0.6 is 11.6 Å². The standard InChI is InChI=1S/C24H26ClN7/c1-16-3-2-4-21(26-16)30-12-24(13-30)14-31(15-24)23-28-27-22-11-29(19-6-7-19)10-17-9-18(25)5-8-20(17)32(22)23/h2-5,8-9,19H,6-7,10-15H2,1H3. The lowest BCUT2D eigenvalue weighted by Gasteiger charge is -2.60. The Labute approximate surface area is 192 Å². The zero-order valence-corrected chi connectivity index (χ0v) is 19.0. The molecule has 0 radical (unpaired) electrons. The van der Waals surface area contributed by atoms with Crippen molar-refractivity contribution in [1.82, 2.24) is 24.6 Å². The van der Waals surface area contributed by atoms with E-state index in [4.69, 9.17) is 11.6 Å². The molecule has 0 unspecified atom stereocenters. The highest BCUT2D eigenvalue weighted by Gasteiger charge is 2.53. The molecule has 0 amide bonds. The fraction of sp³-hybridized carbons (Fsp3) is 0.458. The van der Waals surface area contributed by atoms with Gasteiger partial charge in [0.1, 0.15) is 5.82 Å². The largest absolute Gasteiger partial charge is 0.355 e. The second-order valence-electron chi connectivity index (χ2n) is 10.0. The molecule has 1 saturated carbocycles. The molecule has 0 N–H and O–H groups in total. The number of halogens is 1. The van der Waals surface area contributed by atoms with Crippen LogP contribution in [0.3, 0.4) is 0 Å². The van der Waals surface area contributed by atoms with Gasteiger partial charge < -0.3 is 9.80 Å². The third-order valence-corrected chi connectivity index (χ3v) is 7.60. The number of pyridine rings is 1. The summed E-state index contributed by atoms with van der Waals surface area (Å²) < 4.78 is 2.28. The first-order valence-electron chi connectivity index (χ1n) is 11.5. The van der Waals surface area contributed by atoms with Gasteiger partial charge in [-0.25, -0.2) is 4.98 Å². The van der Waals surface area contributed by atoms with Crippen LogP contribution in [0, 0.1) is 12.3 Å². The summed E-state index contributed by atoms with van der Waals surface area (Å²) in [6, 6.07) is 13.2. The molecule has 0 bridgehead atoms. The maximum absolute atomic E-state index is 6.37. The lowest BCUT2D eigenvalue weighted by atomic mass is 9.73. The minimum atomic E-state index is 0.339. The Bertz CT molecular complexity index is 1200. The molecule has 3 aromatic rings. The van der Waals surface area contributed by atoms with Crippen molar-refractivity contribution < 1.29 is 0 Å². The number of aromatic nitrogens is 4. The van der Waals surface area contributed by atoms with Crippen molar-refractivity contribution in [3.05, 3.63) is 58.5 Å². The van der Waals surface area contributed by atoms with E-state index in [1.807, 2.05) is 6.07 Å². The second-order valence-corrected chi connectivity index (χ2v) is 10.4. The zero-order chi connectivity index (χ0) is 21.4.